The summed E-state index contributed by atoms with van der Waals surface area (Å²) in [5.74, 6) is 1.05. The maximum absolute atomic E-state index is 12.7. The molecule has 0 saturated carbocycles. The average molecular weight is 336 g/mol. The highest BCUT2D eigenvalue weighted by Gasteiger charge is 2.27. The molecular formula is C18H20N6O. The summed E-state index contributed by atoms with van der Waals surface area (Å²) < 4.78 is 1.84. The molecule has 25 heavy (non-hydrogen) atoms. The summed E-state index contributed by atoms with van der Waals surface area (Å²) in [6.45, 7) is 1.43. The van der Waals surface area contributed by atoms with Crippen LogP contribution < -0.4 is 5.32 Å². The number of carbonyl (C=O) groups is 1. The number of fused-ring (bicyclic) bond motifs is 1. The number of anilines is 1. The number of likely N-dealkylation sites (tertiary alicyclic amines) is 1. The zero-order valence-electron chi connectivity index (χ0n) is 14.1. The fourth-order valence-corrected chi connectivity index (χ4v) is 3.40. The molecule has 1 fully saturated rings. The van der Waals surface area contributed by atoms with E-state index in [1.165, 1.54) is 0 Å². The second kappa shape index (κ2) is 6.51. The van der Waals surface area contributed by atoms with Crippen molar-refractivity contribution in [1.82, 2.24) is 24.5 Å². The summed E-state index contributed by atoms with van der Waals surface area (Å²) in [6, 6.07) is 5.54. The minimum Gasteiger partial charge on any atom is -0.371 e. The summed E-state index contributed by atoms with van der Waals surface area (Å²) in [7, 11) is 1.86. The molecule has 1 saturated heterocycles. The van der Waals surface area contributed by atoms with Crippen molar-refractivity contribution >= 4 is 17.2 Å². The highest BCUT2D eigenvalue weighted by atomic mass is 16.2. The number of piperidine rings is 1. The van der Waals surface area contributed by atoms with Crippen LogP contribution in [0.3, 0.4) is 0 Å². The van der Waals surface area contributed by atoms with Gasteiger partial charge < -0.3 is 10.2 Å². The van der Waals surface area contributed by atoms with Crippen LogP contribution in [0.15, 0.2) is 43.0 Å². The van der Waals surface area contributed by atoms with Gasteiger partial charge in [-0.1, -0.05) is 0 Å². The van der Waals surface area contributed by atoms with E-state index in [4.69, 9.17) is 4.98 Å². The third-order valence-electron chi connectivity index (χ3n) is 4.68. The minimum absolute atomic E-state index is 0.0341. The van der Waals surface area contributed by atoms with Crippen LogP contribution in [-0.2, 0) is 0 Å². The Balaban J connectivity index is 1.60. The zero-order valence-corrected chi connectivity index (χ0v) is 14.1. The van der Waals surface area contributed by atoms with Crippen molar-refractivity contribution in [3.63, 3.8) is 0 Å². The Morgan fingerprint density at radius 2 is 2.24 bits per heavy atom. The molecule has 1 aliphatic rings. The molecule has 128 valence electrons. The standard InChI is InChI=1S/C18H20N6O/c1-19-17-16-6-8-21-24(16)12-15(22-17)14-5-3-9-23(11-14)18(25)13-4-2-7-20-10-13/h2,4,6-8,10,12,14H,3,5,9,11H2,1H3,(H,19,22)/t14-/m0/s1. The van der Waals surface area contributed by atoms with Crippen LogP contribution >= 0.6 is 0 Å². The van der Waals surface area contributed by atoms with E-state index in [9.17, 15) is 4.79 Å². The Morgan fingerprint density at radius 1 is 1.32 bits per heavy atom. The van der Waals surface area contributed by atoms with E-state index in [1.807, 2.05) is 34.8 Å². The van der Waals surface area contributed by atoms with Crippen LogP contribution in [0.4, 0.5) is 5.82 Å². The third-order valence-corrected chi connectivity index (χ3v) is 4.68. The van der Waals surface area contributed by atoms with Gasteiger partial charge in [0.25, 0.3) is 5.91 Å². The number of hydrogen-bond acceptors (Lipinski definition) is 5. The van der Waals surface area contributed by atoms with Crippen LogP contribution in [0.2, 0.25) is 0 Å². The van der Waals surface area contributed by atoms with Crippen molar-refractivity contribution < 1.29 is 4.79 Å². The molecular weight excluding hydrogens is 316 g/mol. The van der Waals surface area contributed by atoms with Crippen LogP contribution in [0.5, 0.6) is 0 Å². The van der Waals surface area contributed by atoms with E-state index in [0.29, 0.717) is 12.1 Å². The summed E-state index contributed by atoms with van der Waals surface area (Å²) in [5.41, 5.74) is 2.55. The van der Waals surface area contributed by atoms with Gasteiger partial charge in [-0.25, -0.2) is 9.50 Å². The summed E-state index contributed by atoms with van der Waals surface area (Å²) in [4.78, 5) is 23.4. The molecule has 7 heteroatoms. The maximum atomic E-state index is 12.7. The molecule has 4 heterocycles. The fraction of sp³-hybridized carbons (Fsp3) is 0.333. The topological polar surface area (TPSA) is 75.4 Å². The number of carbonyl (C=O) groups excluding carboxylic acids is 1. The molecule has 1 N–H and O–H groups in total. The predicted octanol–water partition coefficient (Wildman–Crippen LogP) is 2.19. The monoisotopic (exact) mass is 336 g/mol. The minimum atomic E-state index is 0.0341. The average Bonchev–Trinajstić information content (AvgIpc) is 3.16. The second-order valence-corrected chi connectivity index (χ2v) is 6.26. The summed E-state index contributed by atoms with van der Waals surface area (Å²) >= 11 is 0. The number of nitrogens with one attached hydrogen (secondary N) is 1. The molecule has 3 aromatic rings. The lowest BCUT2D eigenvalue weighted by molar-refractivity contribution is 0.0705. The van der Waals surface area contributed by atoms with Crippen molar-refractivity contribution in [3.05, 3.63) is 54.2 Å². The van der Waals surface area contributed by atoms with Gasteiger partial charge in [0.05, 0.1) is 23.7 Å². The van der Waals surface area contributed by atoms with Gasteiger partial charge in [-0.05, 0) is 31.0 Å². The van der Waals surface area contributed by atoms with E-state index >= 15 is 0 Å². The van der Waals surface area contributed by atoms with Crippen molar-refractivity contribution in [2.24, 2.45) is 0 Å². The number of amides is 1. The van der Waals surface area contributed by atoms with Crippen molar-refractivity contribution in [3.8, 4) is 0 Å². The van der Waals surface area contributed by atoms with Crippen molar-refractivity contribution in [2.75, 3.05) is 25.5 Å². The van der Waals surface area contributed by atoms with Gasteiger partial charge in [0.1, 0.15) is 5.52 Å². The second-order valence-electron chi connectivity index (χ2n) is 6.26. The highest BCUT2D eigenvalue weighted by Crippen LogP contribution is 2.28. The van der Waals surface area contributed by atoms with Crippen LogP contribution in [-0.4, -0.2) is 50.5 Å². The Bertz CT molecular complexity index is 891. The molecule has 1 atom stereocenters. The molecule has 0 radical (unpaired) electrons. The summed E-state index contributed by atoms with van der Waals surface area (Å²) in [6.07, 6.45) is 9.02. The number of rotatable bonds is 3. The number of aromatic nitrogens is 4. The molecule has 0 bridgehead atoms. The van der Waals surface area contributed by atoms with Gasteiger partial charge >= 0.3 is 0 Å². The molecule has 1 aliphatic heterocycles. The van der Waals surface area contributed by atoms with Gasteiger partial charge in [-0.2, -0.15) is 5.10 Å². The number of hydrogen-bond donors (Lipinski definition) is 1. The van der Waals surface area contributed by atoms with Gasteiger partial charge in [0.15, 0.2) is 5.82 Å². The van der Waals surface area contributed by atoms with E-state index < -0.39 is 0 Å². The van der Waals surface area contributed by atoms with E-state index in [0.717, 1.165) is 36.4 Å². The van der Waals surface area contributed by atoms with Gasteiger partial charge in [-0.15, -0.1) is 0 Å². The first-order chi connectivity index (χ1) is 12.3. The Kier molecular flexibility index (Phi) is 4.05. The predicted molar refractivity (Wildman–Crippen MR) is 94.6 cm³/mol. The first-order valence-electron chi connectivity index (χ1n) is 8.47. The molecule has 0 aliphatic carbocycles. The molecule has 0 unspecified atom stereocenters. The van der Waals surface area contributed by atoms with Crippen molar-refractivity contribution in [2.45, 2.75) is 18.8 Å². The van der Waals surface area contributed by atoms with Gasteiger partial charge in [0.2, 0.25) is 0 Å². The molecule has 4 rings (SSSR count). The highest BCUT2D eigenvalue weighted by molar-refractivity contribution is 5.94. The quantitative estimate of drug-likeness (QED) is 0.793. The Hall–Kier alpha value is -2.96. The largest absolute Gasteiger partial charge is 0.371 e. The van der Waals surface area contributed by atoms with Crippen LogP contribution in [0, 0.1) is 0 Å². The van der Waals surface area contributed by atoms with Crippen LogP contribution in [0.25, 0.3) is 5.52 Å². The first kappa shape index (κ1) is 15.6. The smallest absolute Gasteiger partial charge is 0.255 e. The molecule has 7 nitrogen and oxygen atoms in total. The zero-order chi connectivity index (χ0) is 17.2. The molecule has 0 spiro atoms. The van der Waals surface area contributed by atoms with Crippen LogP contribution in [0.1, 0.15) is 34.8 Å². The van der Waals surface area contributed by atoms with E-state index in [-0.39, 0.29) is 11.8 Å². The van der Waals surface area contributed by atoms with E-state index in [1.54, 1.807) is 24.7 Å². The number of pyridine rings is 1. The maximum Gasteiger partial charge on any atom is 0.255 e. The lowest BCUT2D eigenvalue weighted by Gasteiger charge is -2.32. The van der Waals surface area contributed by atoms with Crippen molar-refractivity contribution in [1.29, 1.82) is 0 Å². The third kappa shape index (κ3) is 2.93. The molecule has 3 aromatic heterocycles. The van der Waals surface area contributed by atoms with Gasteiger partial charge in [-0.3, -0.25) is 9.78 Å². The molecule has 1 amide bonds. The SMILES string of the molecule is CNc1nc([C@H]2CCCN(C(=O)c3cccnc3)C2)cn2nccc12. The Morgan fingerprint density at radius 3 is 3.04 bits per heavy atom. The lowest BCUT2D eigenvalue weighted by atomic mass is 9.94. The normalized spacial score (nSPS) is 17.6. The lowest BCUT2D eigenvalue weighted by Crippen LogP contribution is -2.39. The fourth-order valence-electron chi connectivity index (χ4n) is 3.40. The Labute approximate surface area is 145 Å². The number of nitrogens with zero attached hydrogens (tertiary/aromatic N) is 5. The van der Waals surface area contributed by atoms with Gasteiger partial charge in [0, 0.05) is 38.4 Å². The van der Waals surface area contributed by atoms with E-state index in [2.05, 4.69) is 15.4 Å². The summed E-state index contributed by atoms with van der Waals surface area (Å²) in [5, 5.41) is 7.47. The molecule has 0 aromatic carbocycles. The first-order valence-corrected chi connectivity index (χ1v) is 8.47.